The molecule has 2 aromatic carbocycles. The Morgan fingerprint density at radius 2 is 1.97 bits per heavy atom. The summed E-state index contributed by atoms with van der Waals surface area (Å²) in [6.45, 7) is 3.52. The highest BCUT2D eigenvalue weighted by Crippen LogP contribution is 2.48. The van der Waals surface area contributed by atoms with Crippen LogP contribution in [-0.2, 0) is 4.79 Å². The highest BCUT2D eigenvalue weighted by molar-refractivity contribution is 5.95. The van der Waals surface area contributed by atoms with Gasteiger partial charge in [-0.15, -0.1) is 5.92 Å². The van der Waals surface area contributed by atoms with Crippen molar-refractivity contribution in [2.24, 2.45) is 11.3 Å². The Labute approximate surface area is 217 Å². The van der Waals surface area contributed by atoms with Crippen LogP contribution < -0.4 is 10.1 Å². The number of carbonyl (C=O) groups excluding carboxylic acids is 2. The zero-order chi connectivity index (χ0) is 26.0. The Morgan fingerprint density at radius 1 is 1.22 bits per heavy atom. The first-order valence-corrected chi connectivity index (χ1v) is 13.1. The lowest BCUT2D eigenvalue weighted by Crippen LogP contribution is -2.52. The van der Waals surface area contributed by atoms with Gasteiger partial charge in [0.05, 0.1) is 18.1 Å². The number of amides is 2. The lowest BCUT2D eigenvalue weighted by Gasteiger charge is -2.45. The van der Waals surface area contributed by atoms with Gasteiger partial charge in [0.15, 0.2) is 0 Å². The van der Waals surface area contributed by atoms with Crippen LogP contribution in [0, 0.1) is 29.0 Å². The van der Waals surface area contributed by atoms with Crippen molar-refractivity contribution in [3.05, 3.63) is 59.4 Å². The molecule has 0 radical (unpaired) electrons. The van der Waals surface area contributed by atoms with E-state index in [1.807, 2.05) is 0 Å². The molecule has 1 heterocycles. The number of carbonyl (C=O) groups is 2. The molecule has 6 nitrogen and oxygen atoms in total. The summed E-state index contributed by atoms with van der Waals surface area (Å²) in [5, 5.41) is 12.6. The number of nitrogens with zero attached hydrogens (tertiary/aromatic N) is 1. The van der Waals surface area contributed by atoms with E-state index in [-0.39, 0.29) is 46.9 Å². The van der Waals surface area contributed by atoms with E-state index in [4.69, 9.17) is 4.74 Å². The minimum absolute atomic E-state index is 0.0169. The van der Waals surface area contributed by atoms with Gasteiger partial charge in [0.25, 0.3) is 5.91 Å². The molecule has 2 aromatic rings. The van der Waals surface area contributed by atoms with Crippen LogP contribution >= 0.6 is 0 Å². The molecular weight excluding hydrogens is 471 g/mol. The van der Waals surface area contributed by atoms with Crippen molar-refractivity contribution in [2.75, 3.05) is 19.7 Å². The molecule has 0 aromatic heterocycles. The van der Waals surface area contributed by atoms with Gasteiger partial charge in [-0.3, -0.25) is 9.59 Å². The maximum Gasteiger partial charge on any atom is 0.256 e. The topological polar surface area (TPSA) is 78.9 Å². The first-order chi connectivity index (χ1) is 17.8. The quantitative estimate of drug-likeness (QED) is 0.514. The Bertz CT molecular complexity index is 1220. The molecule has 5 rings (SSSR count). The summed E-state index contributed by atoms with van der Waals surface area (Å²) in [6.07, 6.45) is 5.04. The Balaban J connectivity index is 1.11. The largest absolute Gasteiger partial charge is 0.508 e. The predicted octanol–water partition coefficient (Wildman–Crippen LogP) is 4.63. The second kappa shape index (κ2) is 10.5. The fourth-order valence-electron chi connectivity index (χ4n) is 5.56. The van der Waals surface area contributed by atoms with Crippen molar-refractivity contribution in [2.45, 2.75) is 57.4 Å². The number of ether oxygens (including phenoxy) is 1. The zero-order valence-electron chi connectivity index (χ0n) is 21.1. The second-order valence-electron chi connectivity index (χ2n) is 10.8. The minimum Gasteiger partial charge on any atom is -0.508 e. The van der Waals surface area contributed by atoms with E-state index in [0.29, 0.717) is 31.4 Å². The van der Waals surface area contributed by atoms with Crippen LogP contribution in [0.2, 0.25) is 0 Å². The molecule has 2 aliphatic carbocycles. The smallest absolute Gasteiger partial charge is 0.256 e. The molecule has 0 bridgehead atoms. The molecule has 2 saturated carbocycles. The molecule has 194 valence electrons. The van der Waals surface area contributed by atoms with Crippen molar-refractivity contribution in [3.8, 4) is 23.3 Å². The van der Waals surface area contributed by atoms with Gasteiger partial charge in [0.2, 0.25) is 5.91 Å². The molecule has 1 spiro atoms. The third-order valence-corrected chi connectivity index (χ3v) is 7.81. The van der Waals surface area contributed by atoms with Crippen molar-refractivity contribution >= 4 is 11.8 Å². The molecular formula is C30H33FN2O4. The number of hydrogen-bond acceptors (Lipinski definition) is 4. The maximum atomic E-state index is 14.7. The van der Waals surface area contributed by atoms with Crippen molar-refractivity contribution in [1.82, 2.24) is 10.2 Å². The molecule has 3 fully saturated rings. The molecule has 1 aliphatic heterocycles. The standard InChI is InChI=1S/C30H33FN2O4/c1-2-3-22(21-6-8-24(34)9-7-21)14-28(35)32-23-16-30(17-23)12-13-33(19-30)29(36)26-11-10-25(15-27(26)31)37-18-20-4-5-20/h6-11,15,20,22-23,34H,4-5,12-14,16-19H2,1H3,(H,32,35)/t22-,23?,30?/m0/s1. The lowest BCUT2D eigenvalue weighted by molar-refractivity contribution is -0.123. The van der Waals surface area contributed by atoms with Gasteiger partial charge < -0.3 is 20.1 Å². The number of phenolic OH excluding ortho intramolecular Hbond substituents is 1. The van der Waals surface area contributed by atoms with Crippen LogP contribution in [0.25, 0.3) is 0 Å². The van der Waals surface area contributed by atoms with Crippen molar-refractivity contribution < 1.29 is 23.8 Å². The summed E-state index contributed by atoms with van der Waals surface area (Å²) in [4.78, 5) is 27.5. The van der Waals surface area contributed by atoms with Gasteiger partial charge >= 0.3 is 0 Å². The SMILES string of the molecule is CC#C[C@@H](CC(=O)NC1CC2(CCN(C(=O)c3ccc(OCC4CC4)cc3F)C2)C1)c1ccc(O)cc1. The minimum atomic E-state index is -0.545. The van der Waals surface area contributed by atoms with Gasteiger partial charge in [-0.1, -0.05) is 18.1 Å². The third-order valence-electron chi connectivity index (χ3n) is 7.81. The third kappa shape index (κ3) is 5.90. The molecule has 7 heteroatoms. The van der Waals surface area contributed by atoms with Gasteiger partial charge in [-0.05, 0) is 80.2 Å². The number of aromatic hydroxyl groups is 1. The molecule has 0 unspecified atom stereocenters. The van der Waals surface area contributed by atoms with Crippen molar-refractivity contribution in [3.63, 3.8) is 0 Å². The van der Waals surface area contributed by atoms with Gasteiger partial charge in [-0.25, -0.2) is 4.39 Å². The van der Waals surface area contributed by atoms with Crippen LogP contribution in [0.3, 0.4) is 0 Å². The highest BCUT2D eigenvalue weighted by Gasteiger charge is 2.50. The van der Waals surface area contributed by atoms with Gasteiger partial charge in [0, 0.05) is 31.6 Å². The number of benzene rings is 2. The van der Waals surface area contributed by atoms with Crippen LogP contribution in [0.5, 0.6) is 11.5 Å². The van der Waals surface area contributed by atoms with E-state index < -0.39 is 5.82 Å². The normalized spacial score (nSPS) is 23.1. The van der Waals surface area contributed by atoms with E-state index in [0.717, 1.165) is 37.7 Å². The Morgan fingerprint density at radius 3 is 2.65 bits per heavy atom. The molecule has 37 heavy (non-hydrogen) atoms. The summed E-state index contributed by atoms with van der Waals surface area (Å²) >= 11 is 0. The second-order valence-corrected chi connectivity index (χ2v) is 10.8. The fraction of sp³-hybridized carbons (Fsp3) is 0.467. The molecule has 1 saturated heterocycles. The monoisotopic (exact) mass is 504 g/mol. The number of rotatable bonds is 8. The molecule has 2 amide bonds. The molecule has 1 atom stereocenters. The average Bonchev–Trinajstić information content (AvgIpc) is 3.58. The molecule has 2 N–H and O–H groups in total. The van der Waals surface area contributed by atoms with E-state index in [1.54, 1.807) is 42.2 Å². The maximum absolute atomic E-state index is 14.7. The number of likely N-dealkylation sites (tertiary alicyclic amines) is 1. The number of halogens is 1. The number of phenols is 1. The lowest BCUT2D eigenvalue weighted by atomic mass is 9.65. The van der Waals surface area contributed by atoms with Gasteiger partial charge in [-0.2, -0.15) is 0 Å². The van der Waals surface area contributed by atoms with Crippen LogP contribution in [0.15, 0.2) is 42.5 Å². The van der Waals surface area contributed by atoms with Crippen LogP contribution in [0.4, 0.5) is 4.39 Å². The summed E-state index contributed by atoms with van der Waals surface area (Å²) in [5.74, 6) is 6.08. The van der Waals surface area contributed by atoms with E-state index in [2.05, 4.69) is 17.2 Å². The van der Waals surface area contributed by atoms with Crippen LogP contribution in [-0.4, -0.2) is 47.6 Å². The Kier molecular flexibility index (Phi) is 7.10. The number of hydrogen-bond donors (Lipinski definition) is 2. The van der Waals surface area contributed by atoms with E-state index in [9.17, 15) is 19.1 Å². The summed E-state index contributed by atoms with van der Waals surface area (Å²) < 4.78 is 20.3. The van der Waals surface area contributed by atoms with Gasteiger partial charge in [0.1, 0.15) is 17.3 Å². The summed E-state index contributed by atoms with van der Waals surface area (Å²) in [5.41, 5.74) is 0.959. The van der Waals surface area contributed by atoms with Crippen LogP contribution in [0.1, 0.15) is 67.3 Å². The summed E-state index contributed by atoms with van der Waals surface area (Å²) in [6, 6.07) is 11.4. The summed E-state index contributed by atoms with van der Waals surface area (Å²) in [7, 11) is 0. The molecule has 3 aliphatic rings. The first-order valence-electron chi connectivity index (χ1n) is 13.1. The number of nitrogens with one attached hydrogen (secondary N) is 1. The average molecular weight is 505 g/mol. The first kappa shape index (κ1) is 25.1. The highest BCUT2D eigenvalue weighted by atomic mass is 19.1. The Hall–Kier alpha value is -3.53. The predicted molar refractivity (Wildman–Crippen MR) is 138 cm³/mol. The van der Waals surface area contributed by atoms with E-state index >= 15 is 0 Å². The zero-order valence-corrected chi connectivity index (χ0v) is 21.1. The van der Waals surface area contributed by atoms with Crippen molar-refractivity contribution in [1.29, 1.82) is 0 Å². The van der Waals surface area contributed by atoms with E-state index in [1.165, 1.54) is 12.1 Å². The fourth-order valence-corrected chi connectivity index (χ4v) is 5.56.